The molecule has 4 atom stereocenters. The molecule has 2 rings (SSSR count). The maximum Gasteiger partial charge on any atom is 0.407 e. The second-order valence-electron chi connectivity index (χ2n) is 13.1. The standard InChI is InChI=1S/C32H49N3O8/c1-9-10-15-33-28(39)20(2)16-25(36)23(34-30(41)43-31(3,4)5)17-32(6,7)18-26(37)35-19-22(29(40)42-8)27(38)21-13-11-12-14-24(21)35/h11-14,20,22-23,25,36H,9-10,15-19H2,1-8H3,(H,33,39)(H,34,41)/t20-,22?,23+,25+/m1/s1. The third kappa shape index (κ3) is 10.6. The highest BCUT2D eigenvalue weighted by Crippen LogP contribution is 2.35. The van der Waals surface area contributed by atoms with Crippen molar-refractivity contribution in [3.8, 4) is 0 Å². The highest BCUT2D eigenvalue weighted by Gasteiger charge is 2.41. The van der Waals surface area contributed by atoms with Gasteiger partial charge in [0.2, 0.25) is 11.8 Å². The number of carbonyl (C=O) groups is 5. The number of esters is 1. The fourth-order valence-electron chi connectivity index (χ4n) is 5.14. The van der Waals surface area contributed by atoms with E-state index >= 15 is 0 Å². The van der Waals surface area contributed by atoms with Crippen molar-refractivity contribution in [2.45, 2.75) is 98.3 Å². The Bertz CT molecular complexity index is 1160. The number of unbranched alkanes of at least 4 members (excludes halogenated alkanes) is 1. The number of alkyl carbamates (subject to hydrolysis) is 1. The van der Waals surface area contributed by atoms with E-state index in [2.05, 4.69) is 10.6 Å². The molecule has 240 valence electrons. The van der Waals surface area contributed by atoms with Crippen LogP contribution in [0.5, 0.6) is 0 Å². The predicted octanol–water partition coefficient (Wildman–Crippen LogP) is 4.01. The molecule has 1 unspecified atom stereocenters. The van der Waals surface area contributed by atoms with Crippen molar-refractivity contribution in [2.24, 2.45) is 17.3 Å². The Balaban J connectivity index is 2.25. The van der Waals surface area contributed by atoms with E-state index in [-0.39, 0.29) is 43.2 Å². The number of nitrogens with zero attached hydrogens (tertiary/aromatic N) is 1. The molecule has 0 saturated heterocycles. The fraction of sp³-hybridized carbons (Fsp3) is 0.656. The van der Waals surface area contributed by atoms with E-state index in [0.29, 0.717) is 12.2 Å². The van der Waals surface area contributed by atoms with Crippen molar-refractivity contribution >= 4 is 35.3 Å². The third-order valence-electron chi connectivity index (χ3n) is 7.37. The number of aliphatic hydroxyl groups is 1. The van der Waals surface area contributed by atoms with Crippen molar-refractivity contribution in [3.63, 3.8) is 0 Å². The second kappa shape index (κ2) is 15.3. The minimum Gasteiger partial charge on any atom is -0.468 e. The lowest BCUT2D eigenvalue weighted by atomic mass is 9.79. The molecule has 0 aliphatic carbocycles. The van der Waals surface area contributed by atoms with Crippen LogP contribution < -0.4 is 15.5 Å². The molecule has 1 heterocycles. The molecule has 1 aliphatic rings. The van der Waals surface area contributed by atoms with Crippen LogP contribution in [-0.4, -0.2) is 72.7 Å². The minimum atomic E-state index is -1.14. The predicted molar refractivity (Wildman–Crippen MR) is 163 cm³/mol. The maximum atomic E-state index is 13.7. The molecule has 11 nitrogen and oxygen atoms in total. The molecule has 3 N–H and O–H groups in total. The number of methoxy groups -OCH3 is 1. The van der Waals surface area contributed by atoms with Crippen LogP contribution in [0.4, 0.5) is 10.5 Å². The Hall–Kier alpha value is -3.47. The second-order valence-corrected chi connectivity index (χ2v) is 13.1. The smallest absolute Gasteiger partial charge is 0.407 e. The van der Waals surface area contributed by atoms with Crippen molar-refractivity contribution in [1.82, 2.24) is 10.6 Å². The first-order valence-electron chi connectivity index (χ1n) is 15.0. The van der Waals surface area contributed by atoms with Crippen LogP contribution in [0.25, 0.3) is 0 Å². The number of ether oxygens (including phenoxy) is 2. The van der Waals surface area contributed by atoms with Gasteiger partial charge in [-0.2, -0.15) is 0 Å². The Kier molecular flexibility index (Phi) is 12.7. The fourth-order valence-corrected chi connectivity index (χ4v) is 5.14. The molecule has 11 heteroatoms. The monoisotopic (exact) mass is 603 g/mol. The van der Waals surface area contributed by atoms with Gasteiger partial charge >= 0.3 is 12.1 Å². The molecule has 0 bridgehead atoms. The van der Waals surface area contributed by atoms with E-state index in [0.717, 1.165) is 12.8 Å². The lowest BCUT2D eigenvalue weighted by Crippen LogP contribution is -2.50. The van der Waals surface area contributed by atoms with Crippen molar-refractivity contribution in [3.05, 3.63) is 29.8 Å². The maximum absolute atomic E-state index is 13.7. The van der Waals surface area contributed by atoms with Crippen LogP contribution in [0, 0.1) is 17.3 Å². The lowest BCUT2D eigenvalue weighted by Gasteiger charge is -2.37. The number of benzene rings is 1. The normalized spacial score (nSPS) is 17.3. The number of fused-ring (bicyclic) bond motifs is 1. The van der Waals surface area contributed by atoms with Crippen LogP contribution in [0.15, 0.2) is 24.3 Å². The van der Waals surface area contributed by atoms with Gasteiger partial charge in [-0.3, -0.25) is 19.2 Å². The van der Waals surface area contributed by atoms with Crippen LogP contribution in [0.2, 0.25) is 0 Å². The quantitative estimate of drug-likeness (QED) is 0.174. The molecule has 0 saturated carbocycles. The van der Waals surface area contributed by atoms with Gasteiger partial charge in [-0.25, -0.2) is 4.79 Å². The summed E-state index contributed by atoms with van der Waals surface area (Å²) in [5.74, 6) is -3.28. The molecule has 1 aliphatic heterocycles. The molecule has 0 aromatic heterocycles. The summed E-state index contributed by atoms with van der Waals surface area (Å²) in [6.45, 7) is 13.0. The van der Waals surface area contributed by atoms with Gasteiger partial charge in [0.15, 0.2) is 5.78 Å². The van der Waals surface area contributed by atoms with Crippen LogP contribution in [0.3, 0.4) is 0 Å². The molecule has 43 heavy (non-hydrogen) atoms. The third-order valence-corrected chi connectivity index (χ3v) is 7.37. The van der Waals surface area contributed by atoms with Gasteiger partial charge in [0.25, 0.3) is 0 Å². The summed E-state index contributed by atoms with van der Waals surface area (Å²) in [5.41, 5.74) is -0.852. The van der Waals surface area contributed by atoms with Crippen LogP contribution in [0.1, 0.15) is 90.9 Å². The largest absolute Gasteiger partial charge is 0.468 e. The minimum absolute atomic E-state index is 0.0182. The molecule has 0 radical (unpaired) electrons. The van der Waals surface area contributed by atoms with Gasteiger partial charge in [0, 0.05) is 31.0 Å². The summed E-state index contributed by atoms with van der Waals surface area (Å²) < 4.78 is 10.3. The van der Waals surface area contributed by atoms with Crippen LogP contribution >= 0.6 is 0 Å². The number of Topliss-reactive ketones (excluding diaryl/α,β-unsaturated/α-hetero) is 1. The number of hydrogen-bond donors (Lipinski definition) is 3. The number of carbonyl (C=O) groups excluding carboxylic acids is 5. The van der Waals surface area contributed by atoms with Gasteiger partial charge in [-0.1, -0.05) is 46.2 Å². The lowest BCUT2D eigenvalue weighted by molar-refractivity contribution is -0.143. The number of rotatable bonds is 13. The summed E-state index contributed by atoms with van der Waals surface area (Å²) in [7, 11) is 1.20. The summed E-state index contributed by atoms with van der Waals surface area (Å²) >= 11 is 0. The number of aliphatic hydroxyl groups excluding tert-OH is 1. The van der Waals surface area contributed by atoms with E-state index in [1.165, 1.54) is 12.0 Å². The number of nitrogens with one attached hydrogen (secondary N) is 2. The highest BCUT2D eigenvalue weighted by molar-refractivity contribution is 6.16. The molecule has 0 spiro atoms. The number of anilines is 1. The van der Waals surface area contributed by atoms with E-state index in [1.54, 1.807) is 52.0 Å². The summed E-state index contributed by atoms with van der Waals surface area (Å²) in [5, 5.41) is 16.9. The zero-order valence-electron chi connectivity index (χ0n) is 26.8. The molecule has 0 fully saturated rings. The van der Waals surface area contributed by atoms with E-state index < -0.39 is 52.8 Å². The number of ketones is 1. The van der Waals surface area contributed by atoms with Gasteiger partial charge in [0.1, 0.15) is 11.5 Å². The highest BCUT2D eigenvalue weighted by atomic mass is 16.6. The Morgan fingerprint density at radius 3 is 2.37 bits per heavy atom. The Labute approximate surface area is 255 Å². The molecular formula is C32H49N3O8. The zero-order chi connectivity index (χ0) is 32.5. The first-order chi connectivity index (χ1) is 20.0. The topological polar surface area (TPSA) is 151 Å². The average Bonchev–Trinajstić information content (AvgIpc) is 2.91. The van der Waals surface area contributed by atoms with E-state index in [4.69, 9.17) is 9.47 Å². The van der Waals surface area contributed by atoms with Gasteiger partial charge < -0.3 is 30.1 Å². The number of amides is 3. The van der Waals surface area contributed by atoms with Crippen molar-refractivity contribution in [2.75, 3.05) is 25.1 Å². The van der Waals surface area contributed by atoms with E-state index in [1.807, 2.05) is 20.8 Å². The average molecular weight is 604 g/mol. The number of para-hydroxylation sites is 1. The first-order valence-corrected chi connectivity index (χ1v) is 15.0. The zero-order valence-corrected chi connectivity index (χ0v) is 26.8. The molecule has 3 amide bonds. The van der Waals surface area contributed by atoms with Crippen molar-refractivity contribution in [1.29, 1.82) is 0 Å². The van der Waals surface area contributed by atoms with Crippen LogP contribution in [-0.2, 0) is 23.9 Å². The molecule has 1 aromatic carbocycles. The van der Waals surface area contributed by atoms with Gasteiger partial charge in [-0.15, -0.1) is 0 Å². The first kappa shape index (κ1) is 35.7. The van der Waals surface area contributed by atoms with Crippen molar-refractivity contribution < 1.29 is 38.6 Å². The van der Waals surface area contributed by atoms with E-state index in [9.17, 15) is 29.1 Å². The Morgan fingerprint density at radius 1 is 1.12 bits per heavy atom. The van der Waals surface area contributed by atoms with Gasteiger partial charge in [-0.05, 0) is 57.6 Å². The SMILES string of the molecule is CCCCNC(=O)[C@H](C)C[C@H](O)[C@H](CC(C)(C)CC(=O)N1CC(C(=O)OC)C(=O)c2ccccc21)NC(=O)OC(C)(C)C. The summed E-state index contributed by atoms with van der Waals surface area (Å²) in [4.78, 5) is 65.8. The number of hydrogen-bond acceptors (Lipinski definition) is 8. The molecular weight excluding hydrogens is 554 g/mol. The van der Waals surface area contributed by atoms with Gasteiger partial charge in [0.05, 0.1) is 24.9 Å². The summed E-state index contributed by atoms with van der Waals surface area (Å²) in [6, 6.07) is 5.79. The Morgan fingerprint density at radius 2 is 1.77 bits per heavy atom. The summed E-state index contributed by atoms with van der Waals surface area (Å²) in [6.07, 6.45) is 0.213. The molecule has 1 aromatic rings.